The normalized spacial score (nSPS) is 17.0. The molecular formula is C16H21FN6O. The standard InChI is InChI=1S/C16H21FN6O/c17-14-3-1-5-19-15(14)23-9-4-13(11-23)21-16(24)20-6-2-8-22-10-7-18-12-22/h1,3,5,7,10,12-13H,2,4,6,8-9,11H2,(H2,20,21,24)/t13-/m0/s1. The fourth-order valence-corrected chi connectivity index (χ4v) is 2.80. The molecule has 1 atom stereocenters. The molecule has 1 fully saturated rings. The van der Waals surface area contributed by atoms with E-state index < -0.39 is 0 Å². The van der Waals surface area contributed by atoms with Crippen LogP contribution in [-0.4, -0.2) is 46.2 Å². The molecule has 128 valence electrons. The van der Waals surface area contributed by atoms with E-state index in [0.717, 1.165) is 19.4 Å². The van der Waals surface area contributed by atoms with Crippen LogP contribution in [0.5, 0.6) is 0 Å². The van der Waals surface area contributed by atoms with Crippen molar-refractivity contribution in [2.24, 2.45) is 0 Å². The van der Waals surface area contributed by atoms with Crippen molar-refractivity contribution in [3.05, 3.63) is 42.9 Å². The van der Waals surface area contributed by atoms with Crippen LogP contribution in [0.1, 0.15) is 12.8 Å². The minimum absolute atomic E-state index is 0.0000508. The molecule has 2 aromatic heterocycles. The van der Waals surface area contributed by atoms with Gasteiger partial charge in [-0.2, -0.15) is 0 Å². The summed E-state index contributed by atoms with van der Waals surface area (Å²) in [5.41, 5.74) is 0. The van der Waals surface area contributed by atoms with Crippen LogP contribution in [-0.2, 0) is 6.54 Å². The highest BCUT2D eigenvalue weighted by Crippen LogP contribution is 2.20. The van der Waals surface area contributed by atoms with Crippen molar-refractivity contribution in [3.8, 4) is 0 Å². The highest BCUT2D eigenvalue weighted by molar-refractivity contribution is 5.74. The summed E-state index contributed by atoms with van der Waals surface area (Å²) >= 11 is 0. The molecule has 2 N–H and O–H groups in total. The second kappa shape index (κ2) is 7.76. The van der Waals surface area contributed by atoms with E-state index in [1.807, 2.05) is 15.7 Å². The van der Waals surface area contributed by atoms with Gasteiger partial charge in [0.15, 0.2) is 11.6 Å². The molecule has 2 amide bonds. The van der Waals surface area contributed by atoms with Gasteiger partial charge in [0.25, 0.3) is 0 Å². The minimum atomic E-state index is -0.331. The fourth-order valence-electron chi connectivity index (χ4n) is 2.80. The van der Waals surface area contributed by atoms with Crippen LogP contribution >= 0.6 is 0 Å². The largest absolute Gasteiger partial charge is 0.352 e. The Labute approximate surface area is 139 Å². The lowest BCUT2D eigenvalue weighted by Gasteiger charge is -2.18. The predicted molar refractivity (Wildman–Crippen MR) is 88.2 cm³/mol. The molecule has 1 aliphatic heterocycles. The van der Waals surface area contributed by atoms with Crippen molar-refractivity contribution in [1.82, 2.24) is 25.2 Å². The van der Waals surface area contributed by atoms with Crippen molar-refractivity contribution < 1.29 is 9.18 Å². The van der Waals surface area contributed by atoms with Gasteiger partial charge in [-0.05, 0) is 25.0 Å². The predicted octanol–water partition coefficient (Wildman–Crippen LogP) is 1.39. The number of anilines is 1. The first-order valence-corrected chi connectivity index (χ1v) is 8.08. The number of amides is 2. The Morgan fingerprint density at radius 2 is 2.33 bits per heavy atom. The molecule has 3 rings (SSSR count). The van der Waals surface area contributed by atoms with Gasteiger partial charge >= 0.3 is 6.03 Å². The number of carbonyl (C=O) groups excluding carboxylic acids is 1. The maximum Gasteiger partial charge on any atom is 0.315 e. The number of hydrogen-bond donors (Lipinski definition) is 2. The Bertz CT molecular complexity index is 662. The summed E-state index contributed by atoms with van der Waals surface area (Å²) < 4.78 is 15.7. The lowest BCUT2D eigenvalue weighted by Crippen LogP contribution is -2.43. The van der Waals surface area contributed by atoms with Crippen molar-refractivity contribution >= 4 is 11.8 Å². The van der Waals surface area contributed by atoms with Gasteiger partial charge in [-0.3, -0.25) is 0 Å². The Hall–Kier alpha value is -2.64. The molecule has 24 heavy (non-hydrogen) atoms. The number of rotatable bonds is 6. The van der Waals surface area contributed by atoms with E-state index in [0.29, 0.717) is 25.5 Å². The minimum Gasteiger partial charge on any atom is -0.352 e. The molecule has 8 heteroatoms. The highest BCUT2D eigenvalue weighted by Gasteiger charge is 2.26. The third-order valence-electron chi connectivity index (χ3n) is 4.00. The summed E-state index contributed by atoms with van der Waals surface area (Å²) in [5.74, 6) is 0.0182. The first-order chi connectivity index (χ1) is 11.7. The van der Waals surface area contributed by atoms with E-state index in [4.69, 9.17) is 0 Å². The summed E-state index contributed by atoms with van der Waals surface area (Å²) in [6, 6.07) is 2.78. The zero-order valence-electron chi connectivity index (χ0n) is 13.4. The molecule has 0 bridgehead atoms. The molecular weight excluding hydrogens is 311 g/mol. The van der Waals surface area contributed by atoms with Crippen LogP contribution in [0.2, 0.25) is 0 Å². The summed E-state index contributed by atoms with van der Waals surface area (Å²) in [6.45, 7) is 2.65. The smallest absolute Gasteiger partial charge is 0.315 e. The Morgan fingerprint density at radius 1 is 1.42 bits per heavy atom. The number of pyridine rings is 1. The summed E-state index contributed by atoms with van der Waals surface area (Å²) in [7, 11) is 0. The first-order valence-electron chi connectivity index (χ1n) is 8.08. The van der Waals surface area contributed by atoms with Crippen molar-refractivity contribution in [1.29, 1.82) is 0 Å². The second-order valence-corrected chi connectivity index (χ2v) is 5.79. The molecule has 0 radical (unpaired) electrons. The van der Waals surface area contributed by atoms with Gasteiger partial charge in [0.2, 0.25) is 0 Å². The lowest BCUT2D eigenvalue weighted by molar-refractivity contribution is 0.237. The third-order valence-corrected chi connectivity index (χ3v) is 4.00. The van der Waals surface area contributed by atoms with Crippen LogP contribution in [0.25, 0.3) is 0 Å². The molecule has 0 unspecified atom stereocenters. The maximum absolute atomic E-state index is 13.7. The quantitative estimate of drug-likeness (QED) is 0.784. The van der Waals surface area contributed by atoms with Gasteiger partial charge < -0.3 is 20.1 Å². The third kappa shape index (κ3) is 4.21. The van der Waals surface area contributed by atoms with Gasteiger partial charge in [-0.1, -0.05) is 0 Å². The number of hydrogen-bond acceptors (Lipinski definition) is 4. The van der Waals surface area contributed by atoms with Gasteiger partial charge in [-0.15, -0.1) is 0 Å². The van der Waals surface area contributed by atoms with Crippen LogP contribution in [0.3, 0.4) is 0 Å². The average Bonchev–Trinajstić information content (AvgIpc) is 3.24. The molecule has 1 aliphatic rings. The number of halogens is 1. The molecule has 2 aromatic rings. The van der Waals surface area contributed by atoms with E-state index in [9.17, 15) is 9.18 Å². The van der Waals surface area contributed by atoms with Crippen LogP contribution in [0, 0.1) is 5.82 Å². The van der Waals surface area contributed by atoms with E-state index in [2.05, 4.69) is 20.6 Å². The monoisotopic (exact) mass is 332 g/mol. The molecule has 0 aromatic carbocycles. The SMILES string of the molecule is O=C(NCCCn1ccnc1)N[C@H]1CCN(c2ncccc2F)C1. The van der Waals surface area contributed by atoms with Crippen molar-refractivity contribution in [3.63, 3.8) is 0 Å². The number of nitrogens with one attached hydrogen (secondary N) is 2. The molecule has 0 spiro atoms. The number of carbonyl (C=O) groups is 1. The summed E-state index contributed by atoms with van der Waals surface area (Å²) in [5, 5.41) is 5.78. The van der Waals surface area contributed by atoms with Crippen LogP contribution in [0.4, 0.5) is 15.0 Å². The van der Waals surface area contributed by atoms with E-state index in [1.165, 1.54) is 6.07 Å². The first kappa shape index (κ1) is 16.2. The maximum atomic E-state index is 13.7. The van der Waals surface area contributed by atoms with Gasteiger partial charge in [-0.25, -0.2) is 19.2 Å². The molecule has 0 aliphatic carbocycles. The number of imidazole rings is 1. The van der Waals surface area contributed by atoms with Crippen LogP contribution in [0.15, 0.2) is 37.1 Å². The topological polar surface area (TPSA) is 75.1 Å². The van der Waals surface area contributed by atoms with Crippen molar-refractivity contribution in [2.45, 2.75) is 25.4 Å². The number of aryl methyl sites for hydroxylation is 1. The zero-order chi connectivity index (χ0) is 16.8. The van der Waals surface area contributed by atoms with Gasteiger partial charge in [0.1, 0.15) is 0 Å². The molecule has 1 saturated heterocycles. The molecule has 0 saturated carbocycles. The van der Waals surface area contributed by atoms with E-state index in [1.54, 1.807) is 24.8 Å². The Morgan fingerprint density at radius 3 is 3.12 bits per heavy atom. The van der Waals surface area contributed by atoms with Crippen LogP contribution < -0.4 is 15.5 Å². The Kier molecular flexibility index (Phi) is 5.25. The number of aromatic nitrogens is 3. The second-order valence-electron chi connectivity index (χ2n) is 5.79. The fraction of sp³-hybridized carbons (Fsp3) is 0.438. The highest BCUT2D eigenvalue weighted by atomic mass is 19.1. The Balaban J connectivity index is 1.37. The van der Waals surface area contributed by atoms with Gasteiger partial charge in [0, 0.05) is 50.8 Å². The zero-order valence-corrected chi connectivity index (χ0v) is 13.4. The summed E-state index contributed by atoms with van der Waals surface area (Å²) in [6.07, 6.45) is 8.56. The van der Waals surface area contributed by atoms with Crippen molar-refractivity contribution in [2.75, 3.05) is 24.5 Å². The lowest BCUT2D eigenvalue weighted by atomic mass is 10.3. The molecule has 3 heterocycles. The van der Waals surface area contributed by atoms with E-state index >= 15 is 0 Å². The number of nitrogens with zero attached hydrogens (tertiary/aromatic N) is 4. The van der Waals surface area contributed by atoms with E-state index in [-0.39, 0.29) is 17.9 Å². The average molecular weight is 332 g/mol. The molecule has 7 nitrogen and oxygen atoms in total. The number of urea groups is 1. The van der Waals surface area contributed by atoms with Gasteiger partial charge in [0.05, 0.1) is 6.33 Å². The summed E-state index contributed by atoms with van der Waals surface area (Å²) in [4.78, 5) is 21.8.